The van der Waals surface area contributed by atoms with Gasteiger partial charge in [0, 0.05) is 0 Å². The largest absolute Gasteiger partial charge is 0.429 e. The van der Waals surface area contributed by atoms with E-state index in [-0.39, 0.29) is 0 Å². The molecule has 0 saturated carbocycles. The lowest BCUT2D eigenvalue weighted by Gasteiger charge is -2.08. The lowest BCUT2D eigenvalue weighted by molar-refractivity contribution is -0.151. The number of hydrogen-bond donors (Lipinski definition) is 2. The normalized spacial score (nSPS) is 12.1. The lowest BCUT2D eigenvalue weighted by Crippen LogP contribution is -2.26. The molecule has 0 spiro atoms. The number of aliphatic hydroxyl groups is 2. The van der Waals surface area contributed by atoms with Gasteiger partial charge in [-0.15, -0.1) is 0 Å². The Morgan fingerprint density at radius 2 is 1.92 bits per heavy atom. The number of ether oxygens (including phenoxy) is 1. The molecule has 0 aromatic carbocycles. The zero-order chi connectivity index (χ0) is 9.72. The van der Waals surface area contributed by atoms with Crippen molar-refractivity contribution in [2.75, 3.05) is 6.61 Å². The molecule has 70 valence electrons. The molecule has 0 radical (unpaired) electrons. The molecule has 4 nitrogen and oxygen atoms in total. The summed E-state index contributed by atoms with van der Waals surface area (Å²) < 4.78 is 4.70. The predicted molar refractivity (Wildman–Crippen MR) is 43.2 cm³/mol. The Morgan fingerprint density at radius 3 is 2.25 bits per heavy atom. The molecule has 0 bridgehead atoms. The molecule has 0 aromatic rings. The van der Waals surface area contributed by atoms with Gasteiger partial charge in [-0.2, -0.15) is 0 Å². The van der Waals surface area contributed by atoms with Crippen LogP contribution in [-0.4, -0.2) is 28.9 Å². The van der Waals surface area contributed by atoms with Gasteiger partial charge in [0.25, 0.3) is 0 Å². The highest BCUT2D eigenvalue weighted by Crippen LogP contribution is 2.04. The minimum atomic E-state index is -1.45. The van der Waals surface area contributed by atoms with Crippen LogP contribution in [0.3, 0.4) is 0 Å². The Hall–Kier alpha value is -0.870. The van der Waals surface area contributed by atoms with E-state index >= 15 is 0 Å². The summed E-state index contributed by atoms with van der Waals surface area (Å²) in [5, 5.41) is 17.2. The molecular weight excluding hydrogens is 160 g/mol. The van der Waals surface area contributed by atoms with Crippen LogP contribution in [0.25, 0.3) is 0 Å². The summed E-state index contributed by atoms with van der Waals surface area (Å²) in [7, 11) is 0. The van der Waals surface area contributed by atoms with E-state index in [4.69, 9.17) is 14.9 Å². The molecule has 0 aliphatic rings. The monoisotopic (exact) mass is 174 g/mol. The number of carbonyl (C=O) groups excluding carboxylic acids is 1. The Labute approximate surface area is 71.5 Å². The summed E-state index contributed by atoms with van der Waals surface area (Å²) >= 11 is 0. The van der Waals surface area contributed by atoms with Crippen molar-refractivity contribution in [3.05, 3.63) is 11.3 Å². The van der Waals surface area contributed by atoms with Crippen molar-refractivity contribution in [3.63, 3.8) is 0 Å². The summed E-state index contributed by atoms with van der Waals surface area (Å²) in [5.41, 5.74) is 0.855. The lowest BCUT2D eigenvalue weighted by atomic mass is 10.3. The van der Waals surface area contributed by atoms with Crippen LogP contribution in [0.4, 0.5) is 0 Å². The first-order valence-electron chi connectivity index (χ1n) is 3.63. The summed E-state index contributed by atoms with van der Waals surface area (Å²) in [6, 6.07) is 0. The molecule has 12 heavy (non-hydrogen) atoms. The van der Waals surface area contributed by atoms with E-state index in [0.29, 0.717) is 5.76 Å². The van der Waals surface area contributed by atoms with E-state index in [1.54, 1.807) is 20.8 Å². The SMILES string of the molecule is CC(C)=C(C)OC(=O)C(O)CO. The molecule has 0 aliphatic carbocycles. The second kappa shape index (κ2) is 4.90. The van der Waals surface area contributed by atoms with Gasteiger partial charge >= 0.3 is 5.97 Å². The maximum atomic E-state index is 10.8. The summed E-state index contributed by atoms with van der Waals surface area (Å²) in [6.45, 7) is 4.58. The fourth-order valence-corrected chi connectivity index (χ4v) is 0.396. The minimum absolute atomic E-state index is 0.451. The summed E-state index contributed by atoms with van der Waals surface area (Å²) in [6.07, 6.45) is -1.45. The smallest absolute Gasteiger partial charge is 0.342 e. The first-order chi connectivity index (χ1) is 5.49. The molecule has 1 atom stereocenters. The first kappa shape index (κ1) is 11.1. The summed E-state index contributed by atoms with van der Waals surface area (Å²) in [4.78, 5) is 10.8. The number of hydrogen-bond acceptors (Lipinski definition) is 4. The number of aliphatic hydroxyl groups excluding tert-OH is 2. The zero-order valence-electron chi connectivity index (χ0n) is 7.50. The maximum Gasteiger partial charge on any atom is 0.342 e. The molecule has 0 aliphatic heterocycles. The molecule has 0 aromatic heterocycles. The first-order valence-corrected chi connectivity index (χ1v) is 3.63. The fraction of sp³-hybridized carbons (Fsp3) is 0.625. The van der Waals surface area contributed by atoms with E-state index < -0.39 is 18.7 Å². The van der Waals surface area contributed by atoms with Gasteiger partial charge in [0.15, 0.2) is 6.10 Å². The quantitative estimate of drug-likeness (QED) is 0.473. The fourth-order valence-electron chi connectivity index (χ4n) is 0.396. The van der Waals surface area contributed by atoms with Gasteiger partial charge < -0.3 is 14.9 Å². The van der Waals surface area contributed by atoms with Crippen molar-refractivity contribution in [1.29, 1.82) is 0 Å². The molecule has 4 heteroatoms. The van der Waals surface area contributed by atoms with Gasteiger partial charge in [0.05, 0.1) is 6.61 Å². The van der Waals surface area contributed by atoms with Crippen molar-refractivity contribution >= 4 is 5.97 Å². The molecule has 0 rings (SSSR count). The van der Waals surface area contributed by atoms with Gasteiger partial charge in [-0.05, 0) is 26.3 Å². The molecular formula is C8H14O4. The molecule has 0 amide bonds. The van der Waals surface area contributed by atoms with E-state index in [0.717, 1.165) is 5.57 Å². The topological polar surface area (TPSA) is 66.8 Å². The summed E-state index contributed by atoms with van der Waals surface area (Å²) in [5.74, 6) is -0.372. The van der Waals surface area contributed by atoms with Gasteiger partial charge in [0.1, 0.15) is 5.76 Å². The van der Waals surface area contributed by atoms with E-state index in [9.17, 15) is 4.79 Å². The van der Waals surface area contributed by atoms with Gasteiger partial charge in [-0.1, -0.05) is 0 Å². The molecule has 0 saturated heterocycles. The van der Waals surface area contributed by atoms with E-state index in [2.05, 4.69) is 0 Å². The Bertz CT molecular complexity index is 191. The standard InChI is InChI=1S/C8H14O4/c1-5(2)6(3)12-8(11)7(10)4-9/h7,9-10H,4H2,1-3H3. The van der Waals surface area contributed by atoms with Crippen LogP contribution >= 0.6 is 0 Å². The van der Waals surface area contributed by atoms with Gasteiger partial charge in [0.2, 0.25) is 0 Å². The molecule has 0 fully saturated rings. The van der Waals surface area contributed by atoms with Crippen molar-refractivity contribution in [1.82, 2.24) is 0 Å². The van der Waals surface area contributed by atoms with Gasteiger partial charge in [-0.3, -0.25) is 0 Å². The highest BCUT2D eigenvalue weighted by atomic mass is 16.6. The second-order valence-electron chi connectivity index (χ2n) is 2.68. The van der Waals surface area contributed by atoms with Crippen LogP contribution in [0.1, 0.15) is 20.8 Å². The van der Waals surface area contributed by atoms with Gasteiger partial charge in [-0.25, -0.2) is 4.79 Å². The number of allylic oxidation sites excluding steroid dienone is 2. The number of esters is 1. The number of rotatable bonds is 3. The third kappa shape index (κ3) is 3.50. The molecule has 2 N–H and O–H groups in total. The third-order valence-electron chi connectivity index (χ3n) is 1.40. The van der Waals surface area contributed by atoms with Crippen LogP contribution in [0.5, 0.6) is 0 Å². The van der Waals surface area contributed by atoms with Crippen LogP contribution in [0.15, 0.2) is 11.3 Å². The molecule has 0 heterocycles. The van der Waals surface area contributed by atoms with Crippen molar-refractivity contribution in [3.8, 4) is 0 Å². The average Bonchev–Trinajstić information content (AvgIpc) is 2.02. The Kier molecular flexibility index (Phi) is 4.54. The third-order valence-corrected chi connectivity index (χ3v) is 1.40. The maximum absolute atomic E-state index is 10.8. The van der Waals surface area contributed by atoms with Crippen molar-refractivity contribution in [2.45, 2.75) is 26.9 Å². The highest BCUT2D eigenvalue weighted by Gasteiger charge is 2.15. The van der Waals surface area contributed by atoms with E-state index in [1.807, 2.05) is 0 Å². The Morgan fingerprint density at radius 1 is 1.42 bits per heavy atom. The minimum Gasteiger partial charge on any atom is -0.429 e. The Balaban J connectivity index is 4.11. The van der Waals surface area contributed by atoms with Crippen LogP contribution in [-0.2, 0) is 9.53 Å². The van der Waals surface area contributed by atoms with Crippen molar-refractivity contribution in [2.24, 2.45) is 0 Å². The van der Waals surface area contributed by atoms with Crippen LogP contribution in [0, 0.1) is 0 Å². The zero-order valence-corrected chi connectivity index (χ0v) is 7.50. The number of carbonyl (C=O) groups is 1. The van der Waals surface area contributed by atoms with E-state index in [1.165, 1.54) is 0 Å². The highest BCUT2D eigenvalue weighted by molar-refractivity contribution is 5.75. The van der Waals surface area contributed by atoms with Crippen molar-refractivity contribution < 1.29 is 19.7 Å². The average molecular weight is 174 g/mol. The molecule has 1 unspecified atom stereocenters. The second-order valence-corrected chi connectivity index (χ2v) is 2.68. The van der Waals surface area contributed by atoms with Crippen LogP contribution in [0.2, 0.25) is 0 Å². The predicted octanol–water partition coefficient (Wildman–Crippen LogP) is 0.197. The van der Waals surface area contributed by atoms with Crippen LogP contribution < -0.4 is 0 Å².